The molecule has 0 rings (SSSR count). The summed E-state index contributed by atoms with van der Waals surface area (Å²) in [4.78, 5) is 47.9. The van der Waals surface area contributed by atoms with Gasteiger partial charge in [-0.2, -0.15) is 11.8 Å². The van der Waals surface area contributed by atoms with Crippen molar-refractivity contribution in [1.29, 1.82) is 0 Å². The van der Waals surface area contributed by atoms with Crippen LogP contribution in [0.4, 0.5) is 0 Å². The third-order valence-electron chi connectivity index (χ3n) is 4.27. The first-order valence-corrected chi connectivity index (χ1v) is 11.1. The predicted octanol–water partition coefficient (Wildman–Crippen LogP) is -0.978. The Labute approximate surface area is 176 Å². The van der Waals surface area contributed by atoms with Gasteiger partial charge in [0.25, 0.3) is 0 Å². The van der Waals surface area contributed by atoms with Crippen molar-refractivity contribution in [3.8, 4) is 0 Å². The zero-order valence-corrected chi connectivity index (χ0v) is 18.2. The Bertz CT molecular complexity index is 547. The molecule has 8 N–H and O–H groups in total. The van der Waals surface area contributed by atoms with E-state index in [0.717, 1.165) is 0 Å². The number of thioether (sulfide) groups is 1. The quantitative estimate of drug-likeness (QED) is 0.179. The molecule has 0 fully saturated rings. The number of carboxylic acids is 1. The lowest BCUT2D eigenvalue weighted by Gasteiger charge is -2.22. The van der Waals surface area contributed by atoms with Crippen LogP contribution in [-0.2, 0) is 19.2 Å². The molecule has 0 bridgehead atoms. The number of nitrogens with one attached hydrogen (secondary N) is 3. The number of carboxylic acid groups (broad SMARTS) is 1. The normalized spacial score (nSPS) is 14.0. The van der Waals surface area contributed by atoms with Crippen LogP contribution in [0.15, 0.2) is 0 Å². The molecule has 3 amide bonds. The lowest BCUT2D eigenvalue weighted by molar-refractivity contribution is -0.142. The van der Waals surface area contributed by atoms with Gasteiger partial charge >= 0.3 is 5.97 Å². The van der Waals surface area contributed by atoms with Crippen molar-refractivity contribution >= 4 is 35.5 Å². The topological polar surface area (TPSA) is 177 Å². The summed E-state index contributed by atoms with van der Waals surface area (Å²) in [7, 11) is 0. The standard InChI is InChI=1S/C18H35N5O5S/c1-11(2)15(20)17(26)23-12(7-9-29-3)16(25)21-10-14(24)22-13(18(27)28)6-4-5-8-19/h11-13,15H,4-10,19-20H2,1-3H3,(H,21,25)(H,22,24)(H,23,26)(H,27,28). The number of nitrogens with two attached hydrogens (primary N) is 2. The van der Waals surface area contributed by atoms with Crippen LogP contribution < -0.4 is 27.4 Å². The second kappa shape index (κ2) is 15.1. The van der Waals surface area contributed by atoms with E-state index in [9.17, 15) is 24.3 Å². The highest BCUT2D eigenvalue weighted by Crippen LogP contribution is 2.04. The van der Waals surface area contributed by atoms with Gasteiger partial charge in [0.05, 0.1) is 12.6 Å². The van der Waals surface area contributed by atoms with Gasteiger partial charge in [0.15, 0.2) is 0 Å². The molecule has 11 heteroatoms. The van der Waals surface area contributed by atoms with Gasteiger partial charge < -0.3 is 32.5 Å². The molecule has 3 unspecified atom stereocenters. The fourth-order valence-corrected chi connectivity index (χ4v) is 2.83. The van der Waals surface area contributed by atoms with Crippen molar-refractivity contribution in [3.63, 3.8) is 0 Å². The average Bonchev–Trinajstić information content (AvgIpc) is 2.67. The average molecular weight is 434 g/mol. The first-order chi connectivity index (χ1) is 13.6. The van der Waals surface area contributed by atoms with Gasteiger partial charge in [-0.3, -0.25) is 14.4 Å². The number of carbonyl (C=O) groups excluding carboxylic acids is 3. The van der Waals surface area contributed by atoms with Crippen LogP contribution in [0.2, 0.25) is 0 Å². The summed E-state index contributed by atoms with van der Waals surface area (Å²) >= 11 is 1.52. The van der Waals surface area contributed by atoms with Crippen LogP contribution in [0.25, 0.3) is 0 Å². The predicted molar refractivity (Wildman–Crippen MR) is 113 cm³/mol. The van der Waals surface area contributed by atoms with Crippen LogP contribution in [0.1, 0.15) is 39.5 Å². The summed E-state index contributed by atoms with van der Waals surface area (Å²) in [5, 5.41) is 16.6. The Morgan fingerprint density at radius 1 is 1.00 bits per heavy atom. The SMILES string of the molecule is CSCCC(NC(=O)C(N)C(C)C)C(=O)NCC(=O)NC(CCCCN)C(=O)O. The van der Waals surface area contributed by atoms with Crippen molar-refractivity contribution in [2.24, 2.45) is 17.4 Å². The van der Waals surface area contributed by atoms with Crippen LogP contribution in [0.3, 0.4) is 0 Å². The number of hydrogen-bond donors (Lipinski definition) is 6. The van der Waals surface area contributed by atoms with Gasteiger partial charge in [-0.25, -0.2) is 4.79 Å². The van der Waals surface area contributed by atoms with Crippen molar-refractivity contribution in [1.82, 2.24) is 16.0 Å². The summed E-state index contributed by atoms with van der Waals surface area (Å²) in [5.41, 5.74) is 11.2. The molecule has 0 aliphatic heterocycles. The van der Waals surface area contributed by atoms with Gasteiger partial charge in [0.1, 0.15) is 12.1 Å². The number of rotatable bonds is 15. The van der Waals surface area contributed by atoms with Crippen LogP contribution >= 0.6 is 11.8 Å². The first-order valence-electron chi connectivity index (χ1n) is 9.68. The summed E-state index contributed by atoms with van der Waals surface area (Å²) in [5.74, 6) is -2.17. The zero-order chi connectivity index (χ0) is 22.4. The monoisotopic (exact) mass is 433 g/mol. The molecule has 0 aromatic carbocycles. The second-order valence-corrected chi connectivity index (χ2v) is 8.06. The van der Waals surface area contributed by atoms with E-state index in [1.54, 1.807) is 13.8 Å². The third kappa shape index (κ3) is 11.7. The molecule has 0 radical (unpaired) electrons. The fourth-order valence-electron chi connectivity index (χ4n) is 2.36. The Hall–Kier alpha value is -1.85. The summed E-state index contributed by atoms with van der Waals surface area (Å²) in [6, 6.07) is -2.61. The molecular formula is C18H35N5O5S. The minimum absolute atomic E-state index is 0.0859. The van der Waals surface area contributed by atoms with Crippen molar-refractivity contribution in [3.05, 3.63) is 0 Å². The minimum atomic E-state index is -1.14. The van der Waals surface area contributed by atoms with Gasteiger partial charge in [-0.15, -0.1) is 0 Å². The highest BCUT2D eigenvalue weighted by molar-refractivity contribution is 7.98. The largest absolute Gasteiger partial charge is 0.480 e. The minimum Gasteiger partial charge on any atom is -0.480 e. The summed E-state index contributed by atoms with van der Waals surface area (Å²) in [6.07, 6.45) is 3.74. The van der Waals surface area contributed by atoms with E-state index in [1.807, 2.05) is 6.26 Å². The lowest BCUT2D eigenvalue weighted by atomic mass is 10.0. The van der Waals surface area contributed by atoms with E-state index in [0.29, 0.717) is 31.6 Å². The second-order valence-electron chi connectivity index (χ2n) is 7.07. The van der Waals surface area contributed by atoms with Crippen molar-refractivity contribution in [2.75, 3.05) is 25.1 Å². The number of carbonyl (C=O) groups is 4. The van der Waals surface area contributed by atoms with Gasteiger partial charge in [0.2, 0.25) is 17.7 Å². The molecule has 0 spiro atoms. The smallest absolute Gasteiger partial charge is 0.326 e. The first kappa shape index (κ1) is 27.1. The Morgan fingerprint density at radius 2 is 1.66 bits per heavy atom. The number of unbranched alkanes of at least 4 members (excludes halogenated alkanes) is 1. The Balaban J connectivity index is 4.72. The fraction of sp³-hybridized carbons (Fsp3) is 0.778. The molecule has 29 heavy (non-hydrogen) atoms. The number of aliphatic carboxylic acids is 1. The molecule has 3 atom stereocenters. The van der Waals surface area contributed by atoms with Crippen molar-refractivity contribution < 1.29 is 24.3 Å². The van der Waals surface area contributed by atoms with Gasteiger partial charge in [0, 0.05) is 0 Å². The molecule has 0 aliphatic carbocycles. The van der Waals surface area contributed by atoms with E-state index in [2.05, 4.69) is 16.0 Å². The highest BCUT2D eigenvalue weighted by Gasteiger charge is 2.26. The molecule has 0 aromatic rings. The van der Waals surface area contributed by atoms with Crippen LogP contribution in [-0.4, -0.2) is 72.0 Å². The Morgan fingerprint density at radius 3 is 2.17 bits per heavy atom. The molecular weight excluding hydrogens is 398 g/mol. The van der Waals surface area contributed by atoms with E-state index in [1.165, 1.54) is 11.8 Å². The maximum atomic E-state index is 12.4. The highest BCUT2D eigenvalue weighted by atomic mass is 32.2. The third-order valence-corrected chi connectivity index (χ3v) is 4.91. The molecule has 0 aromatic heterocycles. The number of amides is 3. The van der Waals surface area contributed by atoms with Gasteiger partial charge in [-0.1, -0.05) is 13.8 Å². The van der Waals surface area contributed by atoms with E-state index in [4.69, 9.17) is 11.5 Å². The van der Waals surface area contributed by atoms with Crippen LogP contribution in [0.5, 0.6) is 0 Å². The van der Waals surface area contributed by atoms with E-state index < -0.39 is 41.8 Å². The van der Waals surface area contributed by atoms with E-state index >= 15 is 0 Å². The van der Waals surface area contributed by atoms with Crippen LogP contribution in [0, 0.1) is 5.92 Å². The summed E-state index contributed by atoms with van der Waals surface area (Å²) < 4.78 is 0. The molecule has 0 aliphatic rings. The van der Waals surface area contributed by atoms with E-state index in [-0.39, 0.29) is 18.9 Å². The molecule has 0 heterocycles. The zero-order valence-electron chi connectivity index (χ0n) is 17.4. The molecule has 0 saturated heterocycles. The lowest BCUT2D eigenvalue weighted by Crippen LogP contribution is -2.54. The van der Waals surface area contributed by atoms with Crippen molar-refractivity contribution in [2.45, 2.75) is 57.7 Å². The maximum absolute atomic E-state index is 12.4. The molecule has 10 nitrogen and oxygen atoms in total. The number of hydrogen-bond acceptors (Lipinski definition) is 7. The molecule has 168 valence electrons. The Kier molecular flexibility index (Phi) is 14.1. The molecule has 0 saturated carbocycles. The maximum Gasteiger partial charge on any atom is 0.326 e. The van der Waals surface area contributed by atoms with Gasteiger partial charge in [-0.05, 0) is 50.2 Å². The summed E-state index contributed by atoms with van der Waals surface area (Å²) in [6.45, 7) is 3.66.